The Kier molecular flexibility index (Phi) is 3.93. The number of aryl methyl sites for hydroxylation is 2. The van der Waals surface area contributed by atoms with Crippen LogP contribution in [0, 0.1) is 0 Å². The van der Waals surface area contributed by atoms with Crippen molar-refractivity contribution in [3.05, 3.63) is 35.3 Å². The molecule has 2 aromatic heterocycles. The number of carbonyl (C=O) groups is 1. The second kappa shape index (κ2) is 6.24. The van der Waals surface area contributed by atoms with Gasteiger partial charge in [0, 0.05) is 37.6 Å². The number of hydrogen-bond donors (Lipinski definition) is 1. The topological polar surface area (TPSA) is 72.3 Å². The van der Waals surface area contributed by atoms with Crippen molar-refractivity contribution >= 4 is 17.4 Å². The maximum atomic E-state index is 12.6. The van der Waals surface area contributed by atoms with Crippen LogP contribution in [0.4, 0.5) is 11.5 Å². The van der Waals surface area contributed by atoms with Crippen LogP contribution in [-0.2, 0) is 24.6 Å². The van der Waals surface area contributed by atoms with E-state index < -0.39 is 0 Å². The second-order valence-corrected chi connectivity index (χ2v) is 6.20. The predicted octanol–water partition coefficient (Wildman–Crippen LogP) is 1.39. The van der Waals surface area contributed by atoms with Crippen LogP contribution < -0.4 is 10.2 Å². The van der Waals surface area contributed by atoms with Crippen LogP contribution in [0.25, 0.3) is 0 Å². The Hall–Kier alpha value is -2.41. The molecule has 1 N–H and O–H groups in total. The van der Waals surface area contributed by atoms with E-state index in [0.717, 1.165) is 55.1 Å². The Bertz CT molecular complexity index is 764. The highest BCUT2D eigenvalue weighted by Gasteiger charge is 2.23. The Morgan fingerprint density at radius 3 is 2.96 bits per heavy atom. The molecule has 7 nitrogen and oxygen atoms in total. The highest BCUT2D eigenvalue weighted by Crippen LogP contribution is 2.28. The summed E-state index contributed by atoms with van der Waals surface area (Å²) in [6, 6.07) is 3.78. The van der Waals surface area contributed by atoms with Gasteiger partial charge in [-0.05, 0) is 31.4 Å². The van der Waals surface area contributed by atoms with E-state index in [1.165, 1.54) is 0 Å². The lowest BCUT2D eigenvalue weighted by atomic mass is 10.2. The van der Waals surface area contributed by atoms with Crippen molar-refractivity contribution in [1.82, 2.24) is 14.8 Å². The summed E-state index contributed by atoms with van der Waals surface area (Å²) in [7, 11) is 1.87. The third-order valence-electron chi connectivity index (χ3n) is 4.65. The zero-order chi connectivity index (χ0) is 16.5. The van der Waals surface area contributed by atoms with Gasteiger partial charge in [0.25, 0.3) is 5.91 Å². The van der Waals surface area contributed by atoms with E-state index in [0.29, 0.717) is 18.9 Å². The molecule has 0 aromatic carbocycles. The van der Waals surface area contributed by atoms with Crippen molar-refractivity contribution in [3.63, 3.8) is 0 Å². The summed E-state index contributed by atoms with van der Waals surface area (Å²) < 4.78 is 7.14. The number of nitrogens with one attached hydrogen (secondary N) is 1. The molecule has 1 aliphatic carbocycles. The van der Waals surface area contributed by atoms with Crippen LogP contribution in [-0.4, -0.2) is 47.0 Å². The molecule has 1 aliphatic heterocycles. The molecule has 4 rings (SSSR count). The van der Waals surface area contributed by atoms with E-state index >= 15 is 0 Å². The third-order valence-corrected chi connectivity index (χ3v) is 4.65. The summed E-state index contributed by atoms with van der Waals surface area (Å²) in [4.78, 5) is 19.1. The van der Waals surface area contributed by atoms with Crippen LogP contribution in [0.5, 0.6) is 0 Å². The van der Waals surface area contributed by atoms with Crippen molar-refractivity contribution in [2.45, 2.75) is 19.3 Å². The van der Waals surface area contributed by atoms with Crippen LogP contribution in [0.1, 0.15) is 28.2 Å². The molecule has 1 amide bonds. The van der Waals surface area contributed by atoms with Gasteiger partial charge in [-0.2, -0.15) is 5.10 Å². The number of aromatic nitrogens is 3. The first-order chi connectivity index (χ1) is 11.7. The molecule has 0 atom stereocenters. The Morgan fingerprint density at radius 2 is 2.12 bits per heavy atom. The second-order valence-electron chi connectivity index (χ2n) is 6.20. The molecule has 1 fully saturated rings. The fraction of sp³-hybridized carbons (Fsp3) is 0.471. The molecule has 7 heteroatoms. The number of carbonyl (C=O) groups excluding carboxylic acids is 1. The summed E-state index contributed by atoms with van der Waals surface area (Å²) in [6.07, 6.45) is 4.75. The van der Waals surface area contributed by atoms with E-state index in [9.17, 15) is 4.79 Å². The Balaban J connectivity index is 1.54. The molecule has 0 bridgehead atoms. The Morgan fingerprint density at radius 1 is 1.29 bits per heavy atom. The summed E-state index contributed by atoms with van der Waals surface area (Å²) in [5, 5.41) is 7.48. The molecule has 0 saturated carbocycles. The van der Waals surface area contributed by atoms with Gasteiger partial charge in [0.15, 0.2) is 0 Å². The lowest BCUT2D eigenvalue weighted by molar-refractivity contribution is 0.102. The predicted molar refractivity (Wildman–Crippen MR) is 90.5 cm³/mol. The van der Waals surface area contributed by atoms with Gasteiger partial charge >= 0.3 is 0 Å². The lowest BCUT2D eigenvalue weighted by Gasteiger charge is -2.28. The van der Waals surface area contributed by atoms with E-state index in [1.807, 2.05) is 19.2 Å². The summed E-state index contributed by atoms with van der Waals surface area (Å²) in [5.74, 6) is 0.605. The SMILES string of the molecule is Cn1nc2c(c1NC(=O)c1cc(N3CCOCC3)ccn1)CCC2. The molecule has 2 aromatic rings. The molecule has 126 valence electrons. The minimum absolute atomic E-state index is 0.192. The van der Waals surface area contributed by atoms with Crippen LogP contribution in [0.2, 0.25) is 0 Å². The Labute approximate surface area is 140 Å². The first kappa shape index (κ1) is 15.1. The number of rotatable bonds is 3. The molecule has 2 aliphatic rings. The number of amides is 1. The van der Waals surface area contributed by atoms with E-state index in [2.05, 4.69) is 20.3 Å². The van der Waals surface area contributed by atoms with Gasteiger partial charge in [-0.3, -0.25) is 14.5 Å². The molecule has 0 unspecified atom stereocenters. The minimum atomic E-state index is -0.192. The minimum Gasteiger partial charge on any atom is -0.378 e. The van der Waals surface area contributed by atoms with Crippen LogP contribution >= 0.6 is 0 Å². The molecule has 3 heterocycles. The van der Waals surface area contributed by atoms with Crippen LogP contribution in [0.15, 0.2) is 18.3 Å². The number of fused-ring (bicyclic) bond motifs is 1. The summed E-state index contributed by atoms with van der Waals surface area (Å²) in [5.41, 5.74) is 3.69. The highest BCUT2D eigenvalue weighted by molar-refractivity contribution is 6.03. The van der Waals surface area contributed by atoms with E-state index in [1.54, 1.807) is 10.9 Å². The number of morpholine rings is 1. The quantitative estimate of drug-likeness (QED) is 0.922. The van der Waals surface area contributed by atoms with E-state index in [-0.39, 0.29) is 5.91 Å². The average molecular weight is 327 g/mol. The number of pyridine rings is 1. The molecular formula is C17H21N5O2. The molecule has 0 radical (unpaired) electrons. The molecule has 1 saturated heterocycles. The summed E-state index contributed by atoms with van der Waals surface area (Å²) >= 11 is 0. The van der Waals surface area contributed by atoms with Crippen molar-refractivity contribution in [2.75, 3.05) is 36.5 Å². The zero-order valence-electron chi connectivity index (χ0n) is 13.8. The monoisotopic (exact) mass is 327 g/mol. The standard InChI is InChI=1S/C17H21N5O2/c1-21-16(13-3-2-4-14(13)20-21)19-17(23)15-11-12(5-6-18-15)22-7-9-24-10-8-22/h5-6,11H,2-4,7-10H2,1H3,(H,19,23). The first-order valence-corrected chi connectivity index (χ1v) is 8.37. The van der Waals surface area contributed by atoms with Crippen molar-refractivity contribution in [1.29, 1.82) is 0 Å². The van der Waals surface area contributed by atoms with Crippen LogP contribution in [0.3, 0.4) is 0 Å². The fourth-order valence-corrected chi connectivity index (χ4v) is 3.41. The molecule has 0 spiro atoms. The number of anilines is 2. The number of nitrogens with zero attached hydrogens (tertiary/aromatic N) is 4. The highest BCUT2D eigenvalue weighted by atomic mass is 16.5. The lowest BCUT2D eigenvalue weighted by Crippen LogP contribution is -2.36. The largest absolute Gasteiger partial charge is 0.378 e. The average Bonchev–Trinajstić information content (AvgIpc) is 3.18. The maximum Gasteiger partial charge on any atom is 0.275 e. The van der Waals surface area contributed by atoms with Gasteiger partial charge in [0.2, 0.25) is 0 Å². The van der Waals surface area contributed by atoms with Gasteiger partial charge in [0.1, 0.15) is 11.5 Å². The first-order valence-electron chi connectivity index (χ1n) is 8.37. The van der Waals surface area contributed by atoms with Crippen molar-refractivity contribution < 1.29 is 9.53 Å². The normalized spacial score (nSPS) is 17.0. The number of hydrogen-bond acceptors (Lipinski definition) is 5. The number of ether oxygens (including phenoxy) is 1. The van der Waals surface area contributed by atoms with Gasteiger partial charge < -0.3 is 15.0 Å². The zero-order valence-corrected chi connectivity index (χ0v) is 13.8. The van der Waals surface area contributed by atoms with E-state index in [4.69, 9.17) is 4.74 Å². The third kappa shape index (κ3) is 2.75. The maximum absolute atomic E-state index is 12.6. The smallest absolute Gasteiger partial charge is 0.275 e. The van der Waals surface area contributed by atoms with Gasteiger partial charge in [-0.15, -0.1) is 0 Å². The van der Waals surface area contributed by atoms with Gasteiger partial charge in [-0.1, -0.05) is 0 Å². The molecular weight excluding hydrogens is 306 g/mol. The van der Waals surface area contributed by atoms with Gasteiger partial charge in [0.05, 0.1) is 18.9 Å². The van der Waals surface area contributed by atoms with Crippen molar-refractivity contribution in [2.24, 2.45) is 7.05 Å². The fourth-order valence-electron chi connectivity index (χ4n) is 3.41. The summed E-state index contributed by atoms with van der Waals surface area (Å²) in [6.45, 7) is 3.09. The molecule has 24 heavy (non-hydrogen) atoms. The van der Waals surface area contributed by atoms with Crippen molar-refractivity contribution in [3.8, 4) is 0 Å². The van der Waals surface area contributed by atoms with Gasteiger partial charge in [-0.25, -0.2) is 0 Å².